The Bertz CT molecular complexity index is 1120. The van der Waals surface area contributed by atoms with Crippen LogP contribution >= 0.6 is 15.9 Å². The molecule has 7 nitrogen and oxygen atoms in total. The standard InChI is InChI=1S/C19H16BrN5O2/c20-12-3-1-2-11(8-12)16(26)10-23-14-5-7-22-19(27)17(14)18-24-13-4-6-21-9-15(13)25-18/h1-9,16,26H,10H2,(H,24,25)(H2,22,23,27). The van der Waals surface area contributed by atoms with Crippen molar-refractivity contribution >= 4 is 32.7 Å². The second-order valence-electron chi connectivity index (χ2n) is 6.03. The van der Waals surface area contributed by atoms with Gasteiger partial charge in [0.05, 0.1) is 29.0 Å². The van der Waals surface area contributed by atoms with Gasteiger partial charge in [-0.1, -0.05) is 28.1 Å². The summed E-state index contributed by atoms with van der Waals surface area (Å²) in [6, 6.07) is 11.0. The maximum absolute atomic E-state index is 12.4. The zero-order valence-electron chi connectivity index (χ0n) is 14.1. The molecule has 1 aromatic carbocycles. The van der Waals surface area contributed by atoms with Crippen molar-refractivity contribution in [1.82, 2.24) is 19.9 Å². The number of nitrogens with zero attached hydrogens (tertiary/aromatic N) is 2. The molecule has 0 bridgehead atoms. The van der Waals surface area contributed by atoms with Gasteiger partial charge in [0, 0.05) is 23.4 Å². The molecule has 0 amide bonds. The molecule has 1 atom stereocenters. The Kier molecular flexibility index (Phi) is 4.74. The molecule has 0 aliphatic rings. The van der Waals surface area contributed by atoms with E-state index < -0.39 is 6.10 Å². The quantitative estimate of drug-likeness (QED) is 0.392. The fourth-order valence-corrected chi connectivity index (χ4v) is 3.29. The van der Waals surface area contributed by atoms with E-state index >= 15 is 0 Å². The minimum Gasteiger partial charge on any atom is -0.387 e. The minimum absolute atomic E-state index is 0.245. The Hall–Kier alpha value is -2.97. The highest BCUT2D eigenvalue weighted by Crippen LogP contribution is 2.25. The van der Waals surface area contributed by atoms with E-state index in [2.05, 4.69) is 41.2 Å². The van der Waals surface area contributed by atoms with Crippen molar-refractivity contribution in [2.45, 2.75) is 6.10 Å². The summed E-state index contributed by atoms with van der Waals surface area (Å²) in [5.74, 6) is 0.444. The molecule has 1 unspecified atom stereocenters. The third kappa shape index (κ3) is 3.62. The molecule has 0 aliphatic carbocycles. The molecule has 0 saturated carbocycles. The number of fused-ring (bicyclic) bond motifs is 1. The van der Waals surface area contributed by atoms with Crippen LogP contribution < -0.4 is 10.9 Å². The number of hydrogen-bond acceptors (Lipinski definition) is 5. The molecule has 3 aromatic heterocycles. The van der Waals surface area contributed by atoms with E-state index in [0.29, 0.717) is 17.1 Å². The monoisotopic (exact) mass is 425 g/mol. The van der Waals surface area contributed by atoms with Gasteiger partial charge in [0.1, 0.15) is 11.4 Å². The molecule has 136 valence electrons. The van der Waals surface area contributed by atoms with Gasteiger partial charge in [0.15, 0.2) is 0 Å². The van der Waals surface area contributed by atoms with E-state index in [0.717, 1.165) is 21.1 Å². The van der Waals surface area contributed by atoms with Crippen molar-refractivity contribution in [2.24, 2.45) is 0 Å². The topological polar surface area (TPSA) is 107 Å². The van der Waals surface area contributed by atoms with Gasteiger partial charge >= 0.3 is 0 Å². The Balaban J connectivity index is 1.64. The van der Waals surface area contributed by atoms with Gasteiger partial charge in [-0.15, -0.1) is 0 Å². The molecular formula is C19H16BrN5O2. The largest absolute Gasteiger partial charge is 0.387 e. The number of aliphatic hydroxyl groups excluding tert-OH is 1. The average Bonchev–Trinajstić information content (AvgIpc) is 3.09. The fraction of sp³-hybridized carbons (Fsp3) is 0.105. The maximum Gasteiger partial charge on any atom is 0.261 e. The van der Waals surface area contributed by atoms with Crippen LogP contribution in [0.15, 0.2) is 64.3 Å². The highest BCUT2D eigenvalue weighted by Gasteiger charge is 2.15. The molecule has 3 heterocycles. The molecule has 4 aromatic rings. The van der Waals surface area contributed by atoms with Crippen LogP contribution in [0.3, 0.4) is 0 Å². The number of hydrogen-bond donors (Lipinski definition) is 4. The van der Waals surface area contributed by atoms with E-state index in [1.807, 2.05) is 24.3 Å². The third-order valence-electron chi connectivity index (χ3n) is 4.20. The number of pyridine rings is 2. The van der Waals surface area contributed by atoms with Gasteiger partial charge in [0.25, 0.3) is 5.56 Å². The molecule has 4 N–H and O–H groups in total. The Morgan fingerprint density at radius 3 is 2.96 bits per heavy atom. The predicted octanol–water partition coefficient (Wildman–Crippen LogP) is 3.22. The number of aromatic nitrogens is 4. The van der Waals surface area contributed by atoms with Gasteiger partial charge in [-0.25, -0.2) is 4.98 Å². The second-order valence-corrected chi connectivity index (χ2v) is 6.94. The van der Waals surface area contributed by atoms with E-state index in [9.17, 15) is 9.90 Å². The number of imidazole rings is 1. The maximum atomic E-state index is 12.4. The lowest BCUT2D eigenvalue weighted by Crippen LogP contribution is -2.17. The number of anilines is 1. The van der Waals surface area contributed by atoms with Crippen molar-refractivity contribution in [3.05, 3.63) is 75.4 Å². The lowest BCUT2D eigenvalue weighted by atomic mass is 10.1. The first-order valence-corrected chi connectivity index (χ1v) is 9.10. The minimum atomic E-state index is -0.727. The number of halogens is 1. The van der Waals surface area contributed by atoms with Crippen LogP contribution in [0.1, 0.15) is 11.7 Å². The summed E-state index contributed by atoms with van der Waals surface area (Å²) in [4.78, 5) is 26.8. The first-order chi connectivity index (χ1) is 13.1. The van der Waals surface area contributed by atoms with Crippen molar-refractivity contribution in [2.75, 3.05) is 11.9 Å². The zero-order chi connectivity index (χ0) is 18.8. The van der Waals surface area contributed by atoms with Crippen molar-refractivity contribution in [1.29, 1.82) is 0 Å². The lowest BCUT2D eigenvalue weighted by molar-refractivity contribution is 0.191. The summed E-state index contributed by atoms with van der Waals surface area (Å²) in [6.45, 7) is 0.245. The van der Waals surface area contributed by atoms with E-state index in [4.69, 9.17) is 0 Å². The Labute approximate surface area is 162 Å². The lowest BCUT2D eigenvalue weighted by Gasteiger charge is -2.15. The van der Waals surface area contributed by atoms with Crippen LogP contribution in [0.5, 0.6) is 0 Å². The molecule has 4 rings (SSSR count). The number of aromatic amines is 2. The van der Waals surface area contributed by atoms with Crippen LogP contribution in [-0.2, 0) is 0 Å². The third-order valence-corrected chi connectivity index (χ3v) is 4.69. The highest BCUT2D eigenvalue weighted by molar-refractivity contribution is 9.10. The van der Waals surface area contributed by atoms with Crippen LogP contribution in [0, 0.1) is 0 Å². The highest BCUT2D eigenvalue weighted by atomic mass is 79.9. The number of benzene rings is 1. The number of rotatable bonds is 5. The van der Waals surface area contributed by atoms with Gasteiger partial charge in [-0.05, 0) is 29.8 Å². The summed E-state index contributed by atoms with van der Waals surface area (Å²) in [5, 5.41) is 13.6. The predicted molar refractivity (Wildman–Crippen MR) is 108 cm³/mol. The summed E-state index contributed by atoms with van der Waals surface area (Å²) >= 11 is 3.40. The molecular weight excluding hydrogens is 410 g/mol. The normalized spacial score (nSPS) is 12.2. The van der Waals surface area contributed by atoms with Crippen molar-refractivity contribution in [3.63, 3.8) is 0 Å². The van der Waals surface area contributed by atoms with E-state index in [1.165, 1.54) is 0 Å². The van der Waals surface area contributed by atoms with Gasteiger partial charge < -0.3 is 20.4 Å². The summed E-state index contributed by atoms with van der Waals surface area (Å²) < 4.78 is 0.895. The van der Waals surface area contributed by atoms with Crippen LogP contribution in [0.25, 0.3) is 22.4 Å². The SMILES string of the molecule is O=c1[nH]ccc(NCC(O)c2cccc(Br)c2)c1-c1nc2ccncc2[nH]1. The summed E-state index contributed by atoms with van der Waals surface area (Å²) in [5.41, 5.74) is 2.94. The first-order valence-electron chi connectivity index (χ1n) is 8.31. The molecule has 0 fully saturated rings. The van der Waals surface area contributed by atoms with Crippen LogP contribution in [0.4, 0.5) is 5.69 Å². The Morgan fingerprint density at radius 2 is 2.15 bits per heavy atom. The summed E-state index contributed by atoms with van der Waals surface area (Å²) in [6.07, 6.45) is 4.14. The Morgan fingerprint density at radius 1 is 1.26 bits per heavy atom. The van der Waals surface area contributed by atoms with Crippen LogP contribution in [0.2, 0.25) is 0 Å². The fourth-order valence-electron chi connectivity index (χ4n) is 2.87. The number of H-pyrrole nitrogens is 2. The smallest absolute Gasteiger partial charge is 0.261 e. The molecule has 0 saturated heterocycles. The molecule has 0 radical (unpaired) electrons. The average molecular weight is 426 g/mol. The van der Waals surface area contributed by atoms with Crippen LogP contribution in [-0.4, -0.2) is 31.6 Å². The molecule has 0 aliphatic heterocycles. The van der Waals surface area contributed by atoms with Gasteiger partial charge in [0.2, 0.25) is 0 Å². The van der Waals surface area contributed by atoms with Crippen molar-refractivity contribution < 1.29 is 5.11 Å². The van der Waals surface area contributed by atoms with E-state index in [-0.39, 0.29) is 12.1 Å². The first kappa shape index (κ1) is 17.4. The molecule has 0 spiro atoms. The molecule has 8 heteroatoms. The zero-order valence-corrected chi connectivity index (χ0v) is 15.7. The summed E-state index contributed by atoms with van der Waals surface area (Å²) in [7, 11) is 0. The van der Waals surface area contributed by atoms with E-state index in [1.54, 1.807) is 30.7 Å². The number of aliphatic hydroxyl groups is 1. The van der Waals surface area contributed by atoms with Gasteiger partial charge in [-0.3, -0.25) is 9.78 Å². The van der Waals surface area contributed by atoms with Crippen molar-refractivity contribution in [3.8, 4) is 11.4 Å². The molecule has 27 heavy (non-hydrogen) atoms. The van der Waals surface area contributed by atoms with Gasteiger partial charge in [-0.2, -0.15) is 0 Å². The number of nitrogens with one attached hydrogen (secondary N) is 3. The second kappa shape index (κ2) is 7.34.